The lowest BCUT2D eigenvalue weighted by Crippen LogP contribution is -1.87. The molecule has 0 heterocycles. The minimum absolute atomic E-state index is 0.869. The predicted octanol–water partition coefficient (Wildman–Crippen LogP) is 6.40. The molecule has 112 valence electrons. The van der Waals surface area contributed by atoms with Gasteiger partial charge in [-0.2, -0.15) is 0 Å². The van der Waals surface area contributed by atoms with Crippen molar-refractivity contribution in [3.63, 3.8) is 0 Å². The topological polar surface area (TPSA) is 9.23 Å². The van der Waals surface area contributed by atoms with Crippen LogP contribution in [0.5, 0.6) is 0 Å². The van der Waals surface area contributed by atoms with Gasteiger partial charge >= 0.3 is 0 Å². The molecule has 1 nitrogen and oxygen atoms in total. The number of ether oxygens (including phenoxy) is 1. The fraction of sp³-hybridized carbons (Fsp3) is 0.778. The van der Waals surface area contributed by atoms with Gasteiger partial charge in [0.25, 0.3) is 0 Å². The van der Waals surface area contributed by atoms with Gasteiger partial charge in [0.2, 0.25) is 0 Å². The van der Waals surface area contributed by atoms with Crippen molar-refractivity contribution in [3.05, 3.63) is 24.5 Å². The van der Waals surface area contributed by atoms with Crippen LogP contribution in [0.3, 0.4) is 0 Å². The van der Waals surface area contributed by atoms with Crippen molar-refractivity contribution in [2.45, 2.75) is 84.5 Å². The lowest BCUT2D eigenvalue weighted by molar-refractivity contribution is 0.240. The van der Waals surface area contributed by atoms with E-state index in [2.05, 4.69) is 26.0 Å². The molecule has 0 unspecified atom stereocenters. The zero-order valence-electron chi connectivity index (χ0n) is 13.2. The monoisotopic (exact) mass is 266 g/mol. The quantitative estimate of drug-likeness (QED) is 0.201. The molecule has 0 spiro atoms. The summed E-state index contributed by atoms with van der Waals surface area (Å²) >= 11 is 0. The predicted molar refractivity (Wildman–Crippen MR) is 86.4 cm³/mol. The van der Waals surface area contributed by atoms with Gasteiger partial charge in [0.05, 0.1) is 12.9 Å². The summed E-state index contributed by atoms with van der Waals surface area (Å²) < 4.78 is 5.46. The Morgan fingerprint density at radius 2 is 1.32 bits per heavy atom. The van der Waals surface area contributed by atoms with Crippen LogP contribution in [0.15, 0.2) is 24.5 Å². The van der Waals surface area contributed by atoms with E-state index in [9.17, 15) is 0 Å². The maximum Gasteiger partial charge on any atom is 0.0873 e. The molecule has 0 atom stereocenters. The average molecular weight is 266 g/mol. The molecule has 0 aliphatic heterocycles. The Labute approximate surface area is 121 Å². The first-order chi connectivity index (χ1) is 9.41. The third-order valence-corrected chi connectivity index (χ3v) is 3.26. The first-order valence-electron chi connectivity index (χ1n) is 8.35. The van der Waals surface area contributed by atoms with E-state index in [1.165, 1.54) is 70.6 Å². The third kappa shape index (κ3) is 17.3. The molecule has 19 heavy (non-hydrogen) atoms. The number of unbranched alkanes of at least 4 members (excludes halogenated alkanes) is 9. The summed E-state index contributed by atoms with van der Waals surface area (Å²) in [4.78, 5) is 0. The van der Waals surface area contributed by atoms with Crippen LogP contribution in [0.25, 0.3) is 0 Å². The van der Waals surface area contributed by atoms with Gasteiger partial charge in [-0.15, -0.1) is 0 Å². The Hall–Kier alpha value is -0.720. The summed E-state index contributed by atoms with van der Waals surface area (Å²) in [6, 6.07) is 0. The molecule has 0 bridgehead atoms. The van der Waals surface area contributed by atoms with Crippen LogP contribution >= 0.6 is 0 Å². The van der Waals surface area contributed by atoms with E-state index in [0.717, 1.165) is 6.61 Å². The van der Waals surface area contributed by atoms with Gasteiger partial charge in [0.1, 0.15) is 0 Å². The third-order valence-electron chi connectivity index (χ3n) is 3.26. The second-order valence-electron chi connectivity index (χ2n) is 5.24. The Balaban J connectivity index is 3.12. The molecule has 1 heteroatoms. The van der Waals surface area contributed by atoms with Crippen LogP contribution < -0.4 is 0 Å². The first-order valence-corrected chi connectivity index (χ1v) is 8.35. The van der Waals surface area contributed by atoms with Gasteiger partial charge in [-0.25, -0.2) is 0 Å². The van der Waals surface area contributed by atoms with Crippen LogP contribution in [0.4, 0.5) is 0 Å². The lowest BCUT2D eigenvalue weighted by atomic mass is 10.1. The molecule has 0 radical (unpaired) electrons. The van der Waals surface area contributed by atoms with E-state index in [1.54, 1.807) is 0 Å². The fourth-order valence-electron chi connectivity index (χ4n) is 2.00. The van der Waals surface area contributed by atoms with E-state index in [4.69, 9.17) is 4.74 Å². The highest BCUT2D eigenvalue weighted by Crippen LogP contribution is 2.06. The van der Waals surface area contributed by atoms with Gasteiger partial charge < -0.3 is 4.74 Å². The number of allylic oxidation sites excluding steroid dienone is 3. The van der Waals surface area contributed by atoms with Crippen molar-refractivity contribution < 1.29 is 4.74 Å². The summed E-state index contributed by atoms with van der Waals surface area (Å²) in [5, 5.41) is 0. The molecule has 0 amide bonds. The Morgan fingerprint density at radius 1 is 0.684 bits per heavy atom. The van der Waals surface area contributed by atoms with Crippen molar-refractivity contribution in [2.75, 3.05) is 6.61 Å². The maximum absolute atomic E-state index is 5.46. The van der Waals surface area contributed by atoms with Gasteiger partial charge in [-0.3, -0.25) is 0 Å². The van der Waals surface area contributed by atoms with Gasteiger partial charge in [0.15, 0.2) is 0 Å². The van der Waals surface area contributed by atoms with Crippen LogP contribution in [-0.4, -0.2) is 6.61 Å². The van der Waals surface area contributed by atoms with E-state index >= 15 is 0 Å². The lowest BCUT2D eigenvalue weighted by Gasteiger charge is -2.01. The molecule has 0 saturated carbocycles. The molecule has 0 aromatic heterocycles. The molecule has 0 aromatic rings. The van der Waals surface area contributed by atoms with Crippen molar-refractivity contribution in [3.8, 4) is 0 Å². The normalized spacial score (nSPS) is 11.7. The zero-order chi connectivity index (χ0) is 14.0. The van der Waals surface area contributed by atoms with Crippen LogP contribution in [-0.2, 0) is 4.74 Å². The molecule has 0 aromatic carbocycles. The fourth-order valence-corrected chi connectivity index (χ4v) is 2.00. The Bertz CT molecular complexity index is 206. The van der Waals surface area contributed by atoms with Crippen molar-refractivity contribution >= 4 is 0 Å². The minimum atomic E-state index is 0.869. The number of rotatable bonds is 14. The summed E-state index contributed by atoms with van der Waals surface area (Å²) in [6.45, 7) is 5.37. The standard InChI is InChI=1S/C18H34O/c1-3-5-7-9-11-13-15-17-19-18-16-14-12-10-8-6-4-2/h11,13,15,17H,3-10,12,14,16,18H2,1-2H3/b13-11-,17-15+. The Morgan fingerprint density at radius 3 is 2.05 bits per heavy atom. The second kappa shape index (κ2) is 17.3. The maximum atomic E-state index is 5.46. The van der Waals surface area contributed by atoms with E-state index in [-0.39, 0.29) is 0 Å². The molecule has 0 aliphatic carbocycles. The van der Waals surface area contributed by atoms with Crippen molar-refractivity contribution in [2.24, 2.45) is 0 Å². The summed E-state index contributed by atoms with van der Waals surface area (Å²) in [5.41, 5.74) is 0. The average Bonchev–Trinajstić information content (AvgIpc) is 2.43. The summed E-state index contributed by atoms with van der Waals surface area (Å²) in [7, 11) is 0. The minimum Gasteiger partial charge on any atom is -0.501 e. The highest BCUT2D eigenvalue weighted by atomic mass is 16.5. The van der Waals surface area contributed by atoms with Gasteiger partial charge in [-0.1, -0.05) is 77.4 Å². The molecular formula is C18H34O. The van der Waals surface area contributed by atoms with Crippen LogP contribution in [0.2, 0.25) is 0 Å². The molecule has 0 rings (SSSR count). The zero-order valence-corrected chi connectivity index (χ0v) is 13.2. The molecule has 0 fully saturated rings. The molecule has 0 saturated heterocycles. The highest BCUT2D eigenvalue weighted by Gasteiger charge is 1.90. The first kappa shape index (κ1) is 18.3. The highest BCUT2D eigenvalue weighted by molar-refractivity contribution is 4.99. The van der Waals surface area contributed by atoms with Crippen molar-refractivity contribution in [1.82, 2.24) is 0 Å². The number of hydrogen-bond acceptors (Lipinski definition) is 1. The smallest absolute Gasteiger partial charge is 0.0873 e. The summed E-state index contributed by atoms with van der Waals surface area (Å²) in [5.74, 6) is 0. The van der Waals surface area contributed by atoms with Crippen molar-refractivity contribution in [1.29, 1.82) is 0 Å². The van der Waals surface area contributed by atoms with Crippen LogP contribution in [0, 0.1) is 0 Å². The van der Waals surface area contributed by atoms with Gasteiger partial charge in [0, 0.05) is 0 Å². The van der Waals surface area contributed by atoms with E-state index in [0.29, 0.717) is 0 Å². The van der Waals surface area contributed by atoms with Crippen LogP contribution in [0.1, 0.15) is 84.5 Å². The van der Waals surface area contributed by atoms with E-state index in [1.807, 2.05) is 12.3 Å². The molecular weight excluding hydrogens is 232 g/mol. The SMILES string of the molecule is CCCCC/C=C\C=C\OCCCCCCCCC. The largest absolute Gasteiger partial charge is 0.501 e. The Kier molecular flexibility index (Phi) is 16.6. The second-order valence-corrected chi connectivity index (χ2v) is 5.24. The molecule has 0 aliphatic rings. The summed E-state index contributed by atoms with van der Waals surface area (Å²) in [6.07, 6.45) is 22.7. The molecule has 0 N–H and O–H groups in total. The van der Waals surface area contributed by atoms with Gasteiger partial charge in [-0.05, 0) is 25.3 Å². The number of hydrogen-bond donors (Lipinski definition) is 0. The van der Waals surface area contributed by atoms with E-state index < -0.39 is 0 Å².